The molecule has 2 aliphatic carbocycles. The number of allylic oxidation sites excluding steroid dienone is 3. The molecule has 29 heavy (non-hydrogen) atoms. The van der Waals surface area contributed by atoms with Crippen molar-refractivity contribution in [2.75, 3.05) is 19.0 Å². The summed E-state index contributed by atoms with van der Waals surface area (Å²) >= 11 is 0. The number of rotatable bonds is 4. The Kier molecular flexibility index (Phi) is 5.09. The van der Waals surface area contributed by atoms with E-state index in [4.69, 9.17) is 9.47 Å². The van der Waals surface area contributed by atoms with Crippen molar-refractivity contribution in [3.05, 3.63) is 57.7 Å². The van der Waals surface area contributed by atoms with Gasteiger partial charge in [0.05, 0.1) is 24.9 Å². The van der Waals surface area contributed by atoms with E-state index >= 15 is 0 Å². The highest BCUT2D eigenvalue weighted by atomic mass is 16.5. The van der Waals surface area contributed by atoms with Crippen molar-refractivity contribution in [3.63, 3.8) is 0 Å². The Balaban J connectivity index is 1.79. The first-order valence-corrected chi connectivity index (χ1v) is 9.90. The summed E-state index contributed by atoms with van der Waals surface area (Å²) in [5.74, 6) is -1.04. The summed E-state index contributed by atoms with van der Waals surface area (Å²) in [6.07, 6.45) is 6.45. The molecule has 1 N–H and O–H groups in total. The lowest BCUT2D eigenvalue weighted by Gasteiger charge is -2.15. The number of carbonyl (C=O) groups excluding carboxylic acids is 3. The number of ether oxygens (including phenoxy) is 2. The van der Waals surface area contributed by atoms with Crippen molar-refractivity contribution < 1.29 is 23.9 Å². The second-order valence-corrected chi connectivity index (χ2v) is 7.35. The first-order valence-electron chi connectivity index (χ1n) is 9.90. The van der Waals surface area contributed by atoms with E-state index in [0.29, 0.717) is 41.0 Å². The van der Waals surface area contributed by atoms with Crippen LogP contribution in [0.15, 0.2) is 46.6 Å². The molecule has 0 unspecified atom stereocenters. The molecule has 4 rings (SSSR count). The van der Waals surface area contributed by atoms with Gasteiger partial charge in [0.25, 0.3) is 5.91 Å². The number of benzene rings is 1. The highest BCUT2D eigenvalue weighted by Crippen LogP contribution is 2.44. The maximum Gasteiger partial charge on any atom is 0.338 e. The molecule has 0 saturated carbocycles. The zero-order valence-electron chi connectivity index (χ0n) is 16.6. The van der Waals surface area contributed by atoms with Gasteiger partial charge < -0.3 is 14.8 Å². The fourth-order valence-electron chi connectivity index (χ4n) is 4.31. The van der Waals surface area contributed by atoms with E-state index in [1.54, 1.807) is 31.2 Å². The number of nitrogens with one attached hydrogen (secondary N) is 1. The van der Waals surface area contributed by atoms with Gasteiger partial charge in [0.1, 0.15) is 0 Å². The lowest BCUT2D eigenvalue weighted by molar-refractivity contribution is -0.138. The molecule has 0 spiro atoms. The molecule has 0 radical (unpaired) electrons. The van der Waals surface area contributed by atoms with Crippen molar-refractivity contribution in [3.8, 4) is 0 Å². The SMILES string of the molecule is CCOC(=O)C1=C(C=C2C(=O)Nc3ccc(C(=O)OC)cc32)CC2=C1CCCC2. The Morgan fingerprint density at radius 3 is 2.72 bits per heavy atom. The van der Waals surface area contributed by atoms with Crippen LogP contribution in [0.25, 0.3) is 5.57 Å². The van der Waals surface area contributed by atoms with Crippen molar-refractivity contribution in [1.82, 2.24) is 0 Å². The van der Waals surface area contributed by atoms with Gasteiger partial charge in [-0.2, -0.15) is 0 Å². The Morgan fingerprint density at radius 2 is 1.97 bits per heavy atom. The fraction of sp³-hybridized carbons (Fsp3) is 0.348. The molecule has 0 fully saturated rings. The Bertz CT molecular complexity index is 1010. The standard InChI is InChI=1S/C23H23NO5/c1-3-29-23(27)20-15(10-13-6-4-5-7-16(13)20)12-18-17-11-14(22(26)28-2)8-9-19(17)24-21(18)25/h8-9,11-12H,3-7,10H2,1-2H3,(H,24,25). The summed E-state index contributed by atoms with van der Waals surface area (Å²) in [7, 11) is 1.32. The number of hydrogen-bond donors (Lipinski definition) is 1. The van der Waals surface area contributed by atoms with Gasteiger partial charge >= 0.3 is 11.9 Å². The van der Waals surface area contributed by atoms with Gasteiger partial charge in [-0.15, -0.1) is 0 Å². The lowest BCUT2D eigenvalue weighted by Crippen LogP contribution is -2.11. The normalized spacial score (nSPS) is 19.2. The van der Waals surface area contributed by atoms with Gasteiger partial charge in [-0.05, 0) is 74.4 Å². The van der Waals surface area contributed by atoms with Crippen LogP contribution in [-0.2, 0) is 19.1 Å². The third kappa shape index (κ3) is 3.39. The highest BCUT2D eigenvalue weighted by Gasteiger charge is 2.32. The molecular weight excluding hydrogens is 370 g/mol. The molecule has 6 nitrogen and oxygen atoms in total. The van der Waals surface area contributed by atoms with Crippen LogP contribution in [-0.4, -0.2) is 31.6 Å². The van der Waals surface area contributed by atoms with Gasteiger partial charge in [0, 0.05) is 16.8 Å². The first kappa shape index (κ1) is 19.2. The summed E-state index contributed by atoms with van der Waals surface area (Å²) in [4.78, 5) is 37.2. The molecule has 0 saturated heterocycles. The molecule has 1 aromatic carbocycles. The second kappa shape index (κ2) is 7.70. The molecule has 0 bridgehead atoms. The zero-order valence-corrected chi connectivity index (χ0v) is 16.6. The molecule has 150 valence electrons. The van der Waals surface area contributed by atoms with E-state index in [0.717, 1.165) is 36.8 Å². The number of anilines is 1. The molecule has 0 atom stereocenters. The predicted octanol–water partition coefficient (Wildman–Crippen LogP) is 3.94. The smallest absolute Gasteiger partial charge is 0.338 e. The highest BCUT2D eigenvalue weighted by molar-refractivity contribution is 6.32. The number of esters is 2. The monoisotopic (exact) mass is 393 g/mol. The zero-order chi connectivity index (χ0) is 20.5. The van der Waals surface area contributed by atoms with Gasteiger partial charge in [-0.25, -0.2) is 9.59 Å². The minimum atomic E-state index is -0.462. The quantitative estimate of drug-likeness (QED) is 0.619. The number of amides is 1. The van der Waals surface area contributed by atoms with Crippen molar-refractivity contribution in [2.45, 2.75) is 39.0 Å². The lowest BCUT2D eigenvalue weighted by atomic mass is 9.91. The van der Waals surface area contributed by atoms with Crippen LogP contribution < -0.4 is 5.32 Å². The summed E-state index contributed by atoms with van der Waals surface area (Å²) in [5, 5.41) is 2.83. The van der Waals surface area contributed by atoms with Gasteiger partial charge in [0.15, 0.2) is 0 Å². The minimum Gasteiger partial charge on any atom is -0.465 e. The molecule has 1 aromatic rings. The van der Waals surface area contributed by atoms with Gasteiger partial charge in [-0.1, -0.05) is 5.57 Å². The topological polar surface area (TPSA) is 81.7 Å². The molecular formula is C23H23NO5. The van der Waals surface area contributed by atoms with E-state index in [9.17, 15) is 14.4 Å². The number of hydrogen-bond acceptors (Lipinski definition) is 5. The van der Waals surface area contributed by atoms with Crippen LogP contribution >= 0.6 is 0 Å². The summed E-state index contributed by atoms with van der Waals surface area (Å²) in [6.45, 7) is 2.09. The maximum absolute atomic E-state index is 12.7. The van der Waals surface area contributed by atoms with Crippen LogP contribution in [0.5, 0.6) is 0 Å². The molecule has 1 heterocycles. The van der Waals surface area contributed by atoms with Gasteiger partial charge in [0.2, 0.25) is 0 Å². The molecule has 1 aliphatic heterocycles. The average Bonchev–Trinajstić information content (AvgIpc) is 3.24. The van der Waals surface area contributed by atoms with Gasteiger partial charge in [-0.3, -0.25) is 4.79 Å². The fourth-order valence-corrected chi connectivity index (χ4v) is 4.31. The Hall–Kier alpha value is -3.15. The van der Waals surface area contributed by atoms with E-state index in [-0.39, 0.29) is 11.9 Å². The number of fused-ring (bicyclic) bond motifs is 1. The van der Waals surface area contributed by atoms with E-state index < -0.39 is 5.97 Å². The average molecular weight is 393 g/mol. The van der Waals surface area contributed by atoms with Crippen molar-refractivity contribution >= 4 is 29.1 Å². The third-order valence-electron chi connectivity index (χ3n) is 5.63. The van der Waals surface area contributed by atoms with Crippen LogP contribution in [0.2, 0.25) is 0 Å². The predicted molar refractivity (Wildman–Crippen MR) is 108 cm³/mol. The minimum absolute atomic E-state index is 0.248. The van der Waals surface area contributed by atoms with E-state index in [2.05, 4.69) is 5.32 Å². The molecule has 1 amide bonds. The Labute approximate surface area is 169 Å². The van der Waals surface area contributed by atoms with E-state index in [1.807, 2.05) is 0 Å². The number of carbonyl (C=O) groups is 3. The van der Waals surface area contributed by atoms with Crippen LogP contribution in [0.4, 0.5) is 5.69 Å². The molecule has 0 aromatic heterocycles. The van der Waals surface area contributed by atoms with Crippen LogP contribution in [0.3, 0.4) is 0 Å². The maximum atomic E-state index is 12.7. The molecule has 6 heteroatoms. The third-order valence-corrected chi connectivity index (χ3v) is 5.63. The second-order valence-electron chi connectivity index (χ2n) is 7.35. The van der Waals surface area contributed by atoms with Crippen LogP contribution in [0, 0.1) is 0 Å². The summed E-state index contributed by atoms with van der Waals surface area (Å²) in [5.41, 5.74) is 5.88. The van der Waals surface area contributed by atoms with E-state index in [1.165, 1.54) is 12.7 Å². The largest absolute Gasteiger partial charge is 0.465 e. The molecule has 3 aliphatic rings. The van der Waals surface area contributed by atoms with Crippen molar-refractivity contribution in [2.24, 2.45) is 0 Å². The van der Waals surface area contributed by atoms with Crippen LogP contribution in [0.1, 0.15) is 54.9 Å². The number of methoxy groups -OCH3 is 1. The Morgan fingerprint density at radius 1 is 1.17 bits per heavy atom. The summed E-state index contributed by atoms with van der Waals surface area (Å²) < 4.78 is 10.1. The summed E-state index contributed by atoms with van der Waals surface area (Å²) in [6, 6.07) is 4.96. The first-order chi connectivity index (χ1) is 14.0. The van der Waals surface area contributed by atoms with Crippen molar-refractivity contribution in [1.29, 1.82) is 0 Å².